The zero-order valence-corrected chi connectivity index (χ0v) is 19.1. The quantitative estimate of drug-likeness (QED) is 0.449. The van der Waals surface area contributed by atoms with Crippen LogP contribution >= 0.6 is 46.1 Å². The Morgan fingerprint density at radius 2 is 1.90 bits per heavy atom. The van der Waals surface area contributed by atoms with Gasteiger partial charge in [-0.15, -0.1) is 11.3 Å². The Balaban J connectivity index is 1.90. The molecule has 0 bridgehead atoms. The number of sulfonamides is 1. The van der Waals surface area contributed by atoms with E-state index < -0.39 is 15.9 Å². The summed E-state index contributed by atoms with van der Waals surface area (Å²) in [4.78, 5) is 13.0. The van der Waals surface area contributed by atoms with Crippen LogP contribution in [0.4, 0.5) is 11.4 Å². The highest BCUT2D eigenvalue weighted by Crippen LogP contribution is 2.41. The van der Waals surface area contributed by atoms with Crippen LogP contribution in [0.2, 0.25) is 15.1 Å². The van der Waals surface area contributed by atoms with Crippen LogP contribution in [0.5, 0.6) is 5.75 Å². The number of anilines is 2. The van der Waals surface area contributed by atoms with Crippen molar-refractivity contribution < 1.29 is 17.9 Å². The number of halogens is 3. The first-order valence-electron chi connectivity index (χ1n) is 8.22. The molecule has 0 radical (unpaired) electrons. The van der Waals surface area contributed by atoms with Gasteiger partial charge >= 0.3 is 0 Å². The maximum absolute atomic E-state index is 12.7. The van der Waals surface area contributed by atoms with E-state index in [4.69, 9.17) is 39.5 Å². The SMILES string of the molecule is CCS(=O)(=O)Nc1ccc(NC(=O)c2sc3cc(Cl)cc(Cl)c3c2Cl)cc1OC. The highest BCUT2D eigenvalue weighted by molar-refractivity contribution is 7.92. The lowest BCUT2D eigenvalue weighted by Gasteiger charge is -2.13. The van der Waals surface area contributed by atoms with E-state index >= 15 is 0 Å². The van der Waals surface area contributed by atoms with Crippen LogP contribution in [-0.2, 0) is 10.0 Å². The molecule has 0 atom stereocenters. The molecule has 0 aliphatic carbocycles. The number of amides is 1. The summed E-state index contributed by atoms with van der Waals surface area (Å²) < 4.78 is 31.9. The van der Waals surface area contributed by atoms with E-state index in [0.29, 0.717) is 25.8 Å². The molecule has 3 rings (SSSR count). The van der Waals surface area contributed by atoms with Crippen LogP contribution in [0.25, 0.3) is 10.1 Å². The van der Waals surface area contributed by atoms with Gasteiger partial charge in [-0.3, -0.25) is 9.52 Å². The molecule has 0 spiro atoms. The molecule has 0 fully saturated rings. The largest absolute Gasteiger partial charge is 0.494 e. The van der Waals surface area contributed by atoms with Crippen molar-refractivity contribution in [1.82, 2.24) is 0 Å². The molecule has 3 aromatic rings. The first-order chi connectivity index (χ1) is 13.6. The average Bonchev–Trinajstić information content (AvgIpc) is 2.99. The van der Waals surface area contributed by atoms with Crippen molar-refractivity contribution in [1.29, 1.82) is 0 Å². The van der Waals surface area contributed by atoms with Crippen LogP contribution in [0.3, 0.4) is 0 Å². The van der Waals surface area contributed by atoms with E-state index in [1.54, 1.807) is 18.2 Å². The molecule has 6 nitrogen and oxygen atoms in total. The number of hydrogen-bond acceptors (Lipinski definition) is 5. The van der Waals surface area contributed by atoms with Gasteiger partial charge in [0.25, 0.3) is 5.91 Å². The lowest BCUT2D eigenvalue weighted by molar-refractivity contribution is 0.103. The van der Waals surface area contributed by atoms with Crippen LogP contribution in [0, 0.1) is 0 Å². The third-order valence-corrected chi connectivity index (χ3v) is 7.39. The minimum absolute atomic E-state index is 0.0777. The Hall–Kier alpha value is -1.71. The molecule has 0 aliphatic heterocycles. The molecule has 0 saturated carbocycles. The topological polar surface area (TPSA) is 84.5 Å². The molecular formula is C18H15Cl3N2O4S2. The van der Waals surface area contributed by atoms with Crippen LogP contribution < -0.4 is 14.8 Å². The standard InChI is InChI=1S/C18H15Cl3N2O4S2/c1-3-29(25,26)23-12-5-4-10(8-13(12)27-2)22-18(24)17-16(21)15-11(20)6-9(19)7-14(15)28-17/h4-8,23H,3H2,1-2H3,(H,22,24). The van der Waals surface area contributed by atoms with E-state index in [0.717, 1.165) is 0 Å². The van der Waals surface area contributed by atoms with Gasteiger partial charge in [0.1, 0.15) is 10.6 Å². The monoisotopic (exact) mass is 492 g/mol. The summed E-state index contributed by atoms with van der Waals surface area (Å²) in [6.45, 7) is 1.53. The second-order valence-electron chi connectivity index (χ2n) is 5.88. The summed E-state index contributed by atoms with van der Waals surface area (Å²) in [7, 11) is -2.07. The first-order valence-corrected chi connectivity index (χ1v) is 11.8. The molecular weight excluding hydrogens is 479 g/mol. The third kappa shape index (κ3) is 4.73. The second-order valence-corrected chi connectivity index (χ2v) is 10.2. The molecule has 1 amide bonds. The Kier molecular flexibility index (Phi) is 6.50. The van der Waals surface area contributed by atoms with Crippen molar-refractivity contribution in [2.75, 3.05) is 22.9 Å². The lowest BCUT2D eigenvalue weighted by atomic mass is 10.2. The van der Waals surface area contributed by atoms with Gasteiger partial charge in [-0.05, 0) is 31.2 Å². The summed E-state index contributed by atoms with van der Waals surface area (Å²) in [5.74, 6) is -0.254. The van der Waals surface area contributed by atoms with Gasteiger partial charge in [0.05, 0.1) is 28.6 Å². The second kappa shape index (κ2) is 8.57. The average molecular weight is 494 g/mol. The number of carbonyl (C=O) groups is 1. The molecule has 154 valence electrons. The number of thiophene rings is 1. The maximum Gasteiger partial charge on any atom is 0.267 e. The molecule has 0 unspecified atom stereocenters. The number of ether oxygens (including phenoxy) is 1. The molecule has 2 N–H and O–H groups in total. The zero-order valence-electron chi connectivity index (χ0n) is 15.2. The fourth-order valence-electron chi connectivity index (χ4n) is 2.54. The van der Waals surface area contributed by atoms with E-state index in [2.05, 4.69) is 10.0 Å². The van der Waals surface area contributed by atoms with E-state index in [9.17, 15) is 13.2 Å². The summed E-state index contributed by atoms with van der Waals surface area (Å²) >= 11 is 19.8. The third-order valence-electron chi connectivity index (χ3n) is 3.96. The van der Waals surface area contributed by atoms with Crippen molar-refractivity contribution in [3.05, 3.63) is 50.3 Å². The van der Waals surface area contributed by atoms with E-state index in [1.807, 2.05) is 0 Å². The van der Waals surface area contributed by atoms with Crippen LogP contribution in [-0.4, -0.2) is 27.2 Å². The fraction of sp³-hybridized carbons (Fsp3) is 0.167. The molecule has 0 saturated heterocycles. The molecule has 29 heavy (non-hydrogen) atoms. The molecule has 2 aromatic carbocycles. The highest BCUT2D eigenvalue weighted by Gasteiger charge is 2.20. The van der Waals surface area contributed by atoms with E-state index in [1.165, 1.54) is 37.5 Å². The van der Waals surface area contributed by atoms with Gasteiger partial charge in [-0.1, -0.05) is 34.8 Å². The molecule has 1 heterocycles. The minimum atomic E-state index is -3.47. The highest BCUT2D eigenvalue weighted by atomic mass is 35.5. The number of hydrogen-bond donors (Lipinski definition) is 2. The minimum Gasteiger partial charge on any atom is -0.494 e. The van der Waals surface area contributed by atoms with Crippen molar-refractivity contribution in [2.45, 2.75) is 6.92 Å². The van der Waals surface area contributed by atoms with Crippen molar-refractivity contribution >= 4 is 83.5 Å². The van der Waals surface area contributed by atoms with Crippen molar-refractivity contribution in [2.24, 2.45) is 0 Å². The predicted octanol–water partition coefficient (Wildman–Crippen LogP) is 5.88. The molecule has 11 heteroatoms. The van der Waals surface area contributed by atoms with Gasteiger partial charge < -0.3 is 10.1 Å². The Labute approximate surface area is 186 Å². The number of methoxy groups -OCH3 is 1. The maximum atomic E-state index is 12.7. The smallest absolute Gasteiger partial charge is 0.267 e. The summed E-state index contributed by atoms with van der Waals surface area (Å²) in [6, 6.07) is 7.82. The zero-order chi connectivity index (χ0) is 21.3. The van der Waals surface area contributed by atoms with Crippen LogP contribution in [0.1, 0.15) is 16.6 Å². The molecule has 1 aromatic heterocycles. The van der Waals surface area contributed by atoms with Crippen molar-refractivity contribution in [3.63, 3.8) is 0 Å². The van der Waals surface area contributed by atoms with E-state index in [-0.39, 0.29) is 27.1 Å². The lowest BCUT2D eigenvalue weighted by Crippen LogP contribution is -2.15. The Morgan fingerprint density at radius 1 is 1.17 bits per heavy atom. The van der Waals surface area contributed by atoms with Gasteiger partial charge in [0.15, 0.2) is 0 Å². The molecule has 0 aliphatic rings. The van der Waals surface area contributed by atoms with Crippen LogP contribution in [0.15, 0.2) is 30.3 Å². The Morgan fingerprint density at radius 3 is 2.55 bits per heavy atom. The van der Waals surface area contributed by atoms with Gasteiger partial charge in [-0.2, -0.15) is 0 Å². The number of nitrogens with one attached hydrogen (secondary N) is 2. The predicted molar refractivity (Wildman–Crippen MR) is 121 cm³/mol. The number of rotatable bonds is 6. The number of fused-ring (bicyclic) bond motifs is 1. The summed E-state index contributed by atoms with van der Waals surface area (Å²) in [5.41, 5.74) is 0.678. The normalized spacial score (nSPS) is 11.5. The summed E-state index contributed by atoms with van der Waals surface area (Å²) in [5, 5.41) is 4.34. The van der Waals surface area contributed by atoms with Gasteiger partial charge in [0.2, 0.25) is 10.0 Å². The fourth-order valence-corrected chi connectivity index (χ4v) is 5.46. The Bertz CT molecular complexity index is 1210. The summed E-state index contributed by atoms with van der Waals surface area (Å²) in [6.07, 6.45) is 0. The van der Waals surface area contributed by atoms with Gasteiger partial charge in [-0.25, -0.2) is 8.42 Å². The number of benzene rings is 2. The first kappa shape index (κ1) is 22.0. The van der Waals surface area contributed by atoms with Crippen molar-refractivity contribution in [3.8, 4) is 5.75 Å². The van der Waals surface area contributed by atoms with Gasteiger partial charge in [0, 0.05) is 26.9 Å². The number of carbonyl (C=O) groups excluding carboxylic acids is 1.